The van der Waals surface area contributed by atoms with Gasteiger partial charge in [0.25, 0.3) is 5.91 Å². The number of carboxylic acids is 1. The number of aromatic nitrogens is 1. The van der Waals surface area contributed by atoms with E-state index >= 15 is 0 Å². The Labute approximate surface area is 117 Å². The largest absolute Gasteiger partial charge is 0.481 e. The molecule has 0 spiro atoms. The predicted octanol–water partition coefficient (Wildman–Crippen LogP) is 2.32. The predicted molar refractivity (Wildman–Crippen MR) is 71.5 cm³/mol. The van der Waals surface area contributed by atoms with E-state index in [1.165, 1.54) is 0 Å². The fraction of sp³-hybridized carbons (Fsp3) is 0.643. The Hall–Kier alpha value is -1.85. The Morgan fingerprint density at radius 3 is 2.60 bits per heavy atom. The number of nitrogens with zero attached hydrogens (tertiary/aromatic N) is 1. The lowest BCUT2D eigenvalue weighted by atomic mass is 9.89. The van der Waals surface area contributed by atoms with Crippen molar-refractivity contribution in [1.29, 1.82) is 0 Å². The monoisotopic (exact) mass is 280 g/mol. The second-order valence-electron chi connectivity index (χ2n) is 5.40. The summed E-state index contributed by atoms with van der Waals surface area (Å²) in [6, 6.07) is 1.66. The Morgan fingerprint density at radius 2 is 2.10 bits per heavy atom. The molecule has 0 radical (unpaired) electrons. The molecule has 1 fully saturated rings. The molecule has 1 saturated carbocycles. The van der Waals surface area contributed by atoms with Gasteiger partial charge in [-0.05, 0) is 25.7 Å². The Morgan fingerprint density at radius 1 is 1.45 bits per heavy atom. The van der Waals surface area contributed by atoms with E-state index in [0.717, 1.165) is 18.6 Å². The van der Waals surface area contributed by atoms with E-state index in [4.69, 9.17) is 9.63 Å². The van der Waals surface area contributed by atoms with Gasteiger partial charge in [-0.15, -0.1) is 0 Å². The summed E-state index contributed by atoms with van der Waals surface area (Å²) in [4.78, 5) is 23.2. The van der Waals surface area contributed by atoms with E-state index in [9.17, 15) is 9.59 Å². The van der Waals surface area contributed by atoms with Crippen LogP contribution in [0.3, 0.4) is 0 Å². The van der Waals surface area contributed by atoms with E-state index in [1.807, 2.05) is 13.8 Å². The number of hydrogen-bond donors (Lipinski definition) is 2. The van der Waals surface area contributed by atoms with Crippen LogP contribution in [0.1, 0.15) is 68.1 Å². The highest BCUT2D eigenvalue weighted by molar-refractivity contribution is 5.93. The van der Waals surface area contributed by atoms with Gasteiger partial charge < -0.3 is 14.9 Å². The van der Waals surface area contributed by atoms with Gasteiger partial charge in [0.2, 0.25) is 0 Å². The number of rotatable bonds is 7. The SMILES string of the molecule is CCC(CC)(CC(=O)O)NC(=O)c1cc(C2CC2)on1. The van der Waals surface area contributed by atoms with Gasteiger partial charge in [-0.3, -0.25) is 9.59 Å². The third-order valence-electron chi connectivity index (χ3n) is 3.96. The summed E-state index contributed by atoms with van der Waals surface area (Å²) < 4.78 is 5.15. The molecule has 0 bridgehead atoms. The van der Waals surface area contributed by atoms with Crippen LogP contribution < -0.4 is 5.32 Å². The summed E-state index contributed by atoms with van der Waals surface area (Å²) in [5.74, 6) is -0.157. The number of aliphatic carboxylic acids is 1. The second-order valence-corrected chi connectivity index (χ2v) is 5.40. The first-order chi connectivity index (χ1) is 9.49. The molecule has 1 aliphatic carbocycles. The molecular formula is C14H20N2O4. The lowest BCUT2D eigenvalue weighted by Crippen LogP contribution is -2.49. The lowest BCUT2D eigenvalue weighted by Gasteiger charge is -2.30. The Balaban J connectivity index is 2.08. The van der Waals surface area contributed by atoms with Crippen LogP contribution >= 0.6 is 0 Å². The average Bonchev–Trinajstić information content (AvgIpc) is 3.14. The van der Waals surface area contributed by atoms with Gasteiger partial charge in [-0.2, -0.15) is 0 Å². The van der Waals surface area contributed by atoms with Gasteiger partial charge in [0.05, 0.1) is 12.0 Å². The van der Waals surface area contributed by atoms with Gasteiger partial charge >= 0.3 is 5.97 Å². The first-order valence-electron chi connectivity index (χ1n) is 7.00. The highest BCUT2D eigenvalue weighted by atomic mass is 16.5. The van der Waals surface area contributed by atoms with E-state index in [0.29, 0.717) is 18.8 Å². The third kappa shape index (κ3) is 3.18. The molecule has 1 aromatic heterocycles. The molecule has 1 aliphatic rings. The minimum absolute atomic E-state index is 0.0981. The van der Waals surface area contributed by atoms with Crippen molar-refractivity contribution < 1.29 is 19.2 Å². The van der Waals surface area contributed by atoms with Crippen LogP contribution in [0.15, 0.2) is 10.6 Å². The van der Waals surface area contributed by atoms with Crippen molar-refractivity contribution in [2.24, 2.45) is 0 Å². The second kappa shape index (κ2) is 5.64. The van der Waals surface area contributed by atoms with Gasteiger partial charge in [-0.25, -0.2) is 0 Å². The van der Waals surface area contributed by atoms with Crippen LogP contribution in [0.5, 0.6) is 0 Å². The summed E-state index contributed by atoms with van der Waals surface area (Å²) in [7, 11) is 0. The molecule has 1 heterocycles. The Bertz CT molecular complexity index is 501. The van der Waals surface area contributed by atoms with Crippen molar-refractivity contribution in [3.05, 3.63) is 17.5 Å². The zero-order chi connectivity index (χ0) is 14.8. The van der Waals surface area contributed by atoms with Crippen LogP contribution in [0, 0.1) is 0 Å². The molecule has 20 heavy (non-hydrogen) atoms. The van der Waals surface area contributed by atoms with Crippen LogP contribution in [0.2, 0.25) is 0 Å². The van der Waals surface area contributed by atoms with Gasteiger partial charge in [0.1, 0.15) is 5.76 Å². The molecule has 0 unspecified atom stereocenters. The standard InChI is InChI=1S/C14H20N2O4/c1-3-14(4-2,8-12(17)18)15-13(19)10-7-11(20-16-10)9-5-6-9/h7,9H,3-6,8H2,1-2H3,(H,15,19)(H,17,18). The van der Waals surface area contributed by atoms with E-state index < -0.39 is 11.5 Å². The molecule has 0 aromatic carbocycles. The van der Waals surface area contributed by atoms with Gasteiger partial charge in [0.15, 0.2) is 5.69 Å². The maximum Gasteiger partial charge on any atom is 0.305 e. The van der Waals surface area contributed by atoms with Gasteiger partial charge in [0, 0.05) is 12.0 Å². The molecule has 6 heteroatoms. The van der Waals surface area contributed by atoms with Crippen LogP contribution in [0.25, 0.3) is 0 Å². The minimum atomic E-state index is -0.923. The maximum atomic E-state index is 12.2. The quantitative estimate of drug-likeness (QED) is 0.799. The van der Waals surface area contributed by atoms with Crippen molar-refractivity contribution in [3.63, 3.8) is 0 Å². The average molecular weight is 280 g/mol. The summed E-state index contributed by atoms with van der Waals surface area (Å²) in [5, 5.41) is 15.6. The molecule has 1 amide bonds. The molecule has 2 rings (SSSR count). The topological polar surface area (TPSA) is 92.4 Å². The summed E-state index contributed by atoms with van der Waals surface area (Å²) in [6.45, 7) is 3.73. The summed E-state index contributed by atoms with van der Waals surface area (Å²) in [6.07, 6.45) is 3.15. The van der Waals surface area contributed by atoms with Crippen LogP contribution in [-0.2, 0) is 4.79 Å². The molecular weight excluding hydrogens is 260 g/mol. The van der Waals surface area contributed by atoms with E-state index in [-0.39, 0.29) is 18.0 Å². The van der Waals surface area contributed by atoms with Crippen molar-refractivity contribution in [3.8, 4) is 0 Å². The molecule has 110 valence electrons. The van der Waals surface area contributed by atoms with Crippen molar-refractivity contribution >= 4 is 11.9 Å². The highest BCUT2D eigenvalue weighted by Crippen LogP contribution is 2.40. The number of amides is 1. The number of hydrogen-bond acceptors (Lipinski definition) is 4. The first kappa shape index (κ1) is 14.6. The number of carbonyl (C=O) groups is 2. The Kier molecular flexibility index (Phi) is 4.11. The van der Waals surface area contributed by atoms with Crippen LogP contribution in [-0.4, -0.2) is 27.7 Å². The number of carbonyl (C=O) groups excluding carboxylic acids is 1. The minimum Gasteiger partial charge on any atom is -0.481 e. The molecule has 0 saturated heterocycles. The number of carboxylic acid groups (broad SMARTS) is 1. The summed E-state index contributed by atoms with van der Waals surface area (Å²) in [5.41, 5.74) is -0.509. The third-order valence-corrected chi connectivity index (χ3v) is 3.96. The zero-order valence-corrected chi connectivity index (χ0v) is 11.8. The fourth-order valence-corrected chi connectivity index (χ4v) is 2.27. The molecule has 2 N–H and O–H groups in total. The van der Waals surface area contributed by atoms with Crippen molar-refractivity contribution in [2.45, 2.75) is 57.4 Å². The zero-order valence-electron chi connectivity index (χ0n) is 11.8. The lowest BCUT2D eigenvalue weighted by molar-refractivity contribution is -0.138. The van der Waals surface area contributed by atoms with Crippen LogP contribution in [0.4, 0.5) is 0 Å². The molecule has 6 nitrogen and oxygen atoms in total. The first-order valence-corrected chi connectivity index (χ1v) is 7.00. The molecule has 0 aliphatic heterocycles. The molecule has 1 aromatic rings. The smallest absolute Gasteiger partial charge is 0.305 e. The van der Waals surface area contributed by atoms with Crippen molar-refractivity contribution in [2.75, 3.05) is 0 Å². The normalized spacial score (nSPS) is 15.1. The maximum absolute atomic E-state index is 12.2. The van der Waals surface area contributed by atoms with E-state index in [2.05, 4.69) is 10.5 Å². The fourth-order valence-electron chi connectivity index (χ4n) is 2.27. The summed E-state index contributed by atoms with van der Waals surface area (Å²) >= 11 is 0. The van der Waals surface area contributed by atoms with Gasteiger partial charge in [-0.1, -0.05) is 19.0 Å². The number of nitrogens with one attached hydrogen (secondary N) is 1. The molecule has 0 atom stereocenters. The highest BCUT2D eigenvalue weighted by Gasteiger charge is 2.33. The van der Waals surface area contributed by atoms with E-state index in [1.54, 1.807) is 6.07 Å². The van der Waals surface area contributed by atoms with Crippen molar-refractivity contribution in [1.82, 2.24) is 10.5 Å².